The minimum absolute atomic E-state index is 0.494. The molecule has 8 nitrogen and oxygen atoms in total. The number of benzene rings is 1. The fourth-order valence-electron chi connectivity index (χ4n) is 3.86. The highest BCUT2D eigenvalue weighted by Gasteiger charge is 2.20. The number of hydrogen-bond donors (Lipinski definition) is 1. The van der Waals surface area contributed by atoms with Gasteiger partial charge in [0.05, 0.1) is 12.8 Å². The summed E-state index contributed by atoms with van der Waals surface area (Å²) >= 11 is 0. The van der Waals surface area contributed by atoms with Crippen molar-refractivity contribution in [1.29, 1.82) is 0 Å². The molecule has 2 aromatic rings. The van der Waals surface area contributed by atoms with Crippen LogP contribution >= 0.6 is 0 Å². The molecule has 3 heterocycles. The van der Waals surface area contributed by atoms with E-state index in [1.807, 2.05) is 31.2 Å². The minimum Gasteiger partial charge on any atom is -0.494 e. The zero-order valence-electron chi connectivity index (χ0n) is 17.8. The molecule has 0 atom stereocenters. The fraction of sp³-hybridized carbons (Fsp3) is 0.545. The monoisotopic (exact) mass is 409 g/mol. The Morgan fingerprint density at radius 1 is 0.867 bits per heavy atom. The van der Waals surface area contributed by atoms with E-state index < -0.39 is 0 Å². The van der Waals surface area contributed by atoms with E-state index in [1.54, 1.807) is 6.21 Å². The number of piperidine rings is 2. The number of hydrazone groups is 1. The van der Waals surface area contributed by atoms with E-state index in [-0.39, 0.29) is 0 Å². The first-order chi connectivity index (χ1) is 14.8. The molecule has 2 aliphatic heterocycles. The predicted molar refractivity (Wildman–Crippen MR) is 121 cm³/mol. The van der Waals surface area contributed by atoms with Gasteiger partial charge in [0.2, 0.25) is 17.8 Å². The van der Waals surface area contributed by atoms with E-state index in [2.05, 4.69) is 30.3 Å². The molecule has 1 N–H and O–H groups in total. The second kappa shape index (κ2) is 10.2. The molecular weight excluding hydrogens is 378 g/mol. The molecule has 1 aromatic heterocycles. The third kappa shape index (κ3) is 5.37. The van der Waals surface area contributed by atoms with Crippen molar-refractivity contribution in [3.63, 3.8) is 0 Å². The first-order valence-corrected chi connectivity index (χ1v) is 11.1. The predicted octanol–water partition coefficient (Wildman–Crippen LogP) is 3.70. The molecule has 0 unspecified atom stereocenters. The summed E-state index contributed by atoms with van der Waals surface area (Å²) in [5.74, 6) is 2.86. The van der Waals surface area contributed by atoms with E-state index >= 15 is 0 Å². The Balaban J connectivity index is 1.50. The van der Waals surface area contributed by atoms with Gasteiger partial charge in [-0.2, -0.15) is 20.1 Å². The van der Waals surface area contributed by atoms with Gasteiger partial charge in [0.15, 0.2) is 0 Å². The molecule has 0 aliphatic carbocycles. The maximum absolute atomic E-state index is 5.48. The Labute approximate surface area is 178 Å². The van der Waals surface area contributed by atoms with Gasteiger partial charge < -0.3 is 14.5 Å². The molecule has 30 heavy (non-hydrogen) atoms. The second-order valence-corrected chi connectivity index (χ2v) is 7.73. The number of anilines is 3. The zero-order valence-corrected chi connectivity index (χ0v) is 17.8. The lowest BCUT2D eigenvalue weighted by Gasteiger charge is -2.30. The topological polar surface area (TPSA) is 78.8 Å². The molecule has 160 valence electrons. The number of aromatic nitrogens is 3. The van der Waals surface area contributed by atoms with Crippen LogP contribution < -0.4 is 20.0 Å². The first kappa shape index (κ1) is 20.4. The Morgan fingerprint density at radius 2 is 1.43 bits per heavy atom. The summed E-state index contributed by atoms with van der Waals surface area (Å²) in [5, 5.41) is 4.35. The van der Waals surface area contributed by atoms with E-state index in [0.717, 1.165) is 49.4 Å². The van der Waals surface area contributed by atoms with Crippen molar-refractivity contribution in [2.75, 3.05) is 48.0 Å². The maximum atomic E-state index is 5.48. The van der Waals surface area contributed by atoms with Crippen LogP contribution in [0.4, 0.5) is 17.8 Å². The highest BCUT2D eigenvalue weighted by atomic mass is 16.5. The lowest BCUT2D eigenvalue weighted by Crippen LogP contribution is -2.34. The molecule has 0 spiro atoms. The molecule has 2 fully saturated rings. The Bertz CT molecular complexity index is 792. The SMILES string of the molecule is CCOc1ccc(/C=N\Nc2nc(N3CCCCC3)nc(N3CCCCC3)n2)cc1. The number of hydrogen-bond acceptors (Lipinski definition) is 8. The number of rotatable bonds is 7. The van der Waals surface area contributed by atoms with Gasteiger partial charge in [0.1, 0.15) is 5.75 Å². The highest BCUT2D eigenvalue weighted by Crippen LogP contribution is 2.22. The van der Waals surface area contributed by atoms with Crippen LogP contribution in [-0.4, -0.2) is 54.0 Å². The highest BCUT2D eigenvalue weighted by molar-refractivity contribution is 5.80. The van der Waals surface area contributed by atoms with Gasteiger partial charge in [-0.1, -0.05) is 0 Å². The fourth-order valence-corrected chi connectivity index (χ4v) is 3.86. The van der Waals surface area contributed by atoms with E-state index in [4.69, 9.17) is 9.72 Å². The van der Waals surface area contributed by atoms with Crippen molar-refractivity contribution in [3.05, 3.63) is 29.8 Å². The molecule has 0 bridgehead atoms. The quantitative estimate of drug-likeness (QED) is 0.552. The number of ether oxygens (including phenoxy) is 1. The number of nitrogens with zero attached hydrogens (tertiary/aromatic N) is 6. The summed E-state index contributed by atoms with van der Waals surface area (Å²) in [6.07, 6.45) is 9.05. The van der Waals surface area contributed by atoms with Crippen LogP contribution in [0.1, 0.15) is 51.0 Å². The average molecular weight is 410 g/mol. The molecule has 4 rings (SSSR count). The van der Waals surface area contributed by atoms with Gasteiger partial charge in [-0.05, 0) is 75.3 Å². The smallest absolute Gasteiger partial charge is 0.250 e. The van der Waals surface area contributed by atoms with Gasteiger partial charge >= 0.3 is 0 Å². The van der Waals surface area contributed by atoms with Gasteiger partial charge in [-0.3, -0.25) is 0 Å². The minimum atomic E-state index is 0.494. The Morgan fingerprint density at radius 3 is 1.97 bits per heavy atom. The Kier molecular flexibility index (Phi) is 6.95. The van der Waals surface area contributed by atoms with Crippen molar-refractivity contribution in [2.45, 2.75) is 45.4 Å². The second-order valence-electron chi connectivity index (χ2n) is 7.73. The summed E-state index contributed by atoms with van der Waals surface area (Å²) in [6.45, 7) is 6.63. The van der Waals surface area contributed by atoms with Crippen LogP contribution in [0.15, 0.2) is 29.4 Å². The average Bonchev–Trinajstić information content (AvgIpc) is 2.81. The van der Waals surface area contributed by atoms with Crippen molar-refractivity contribution in [2.24, 2.45) is 5.10 Å². The third-order valence-corrected chi connectivity index (χ3v) is 5.46. The van der Waals surface area contributed by atoms with Crippen molar-refractivity contribution in [1.82, 2.24) is 15.0 Å². The first-order valence-electron chi connectivity index (χ1n) is 11.1. The van der Waals surface area contributed by atoms with Crippen molar-refractivity contribution < 1.29 is 4.74 Å². The molecule has 0 saturated carbocycles. The summed E-state index contributed by atoms with van der Waals surface area (Å²) in [4.78, 5) is 18.6. The summed E-state index contributed by atoms with van der Waals surface area (Å²) in [5.41, 5.74) is 3.99. The summed E-state index contributed by atoms with van der Waals surface area (Å²) in [6, 6.07) is 7.83. The van der Waals surface area contributed by atoms with E-state index in [0.29, 0.717) is 12.6 Å². The van der Waals surface area contributed by atoms with E-state index in [9.17, 15) is 0 Å². The molecular formula is C22H31N7O. The third-order valence-electron chi connectivity index (χ3n) is 5.46. The van der Waals surface area contributed by atoms with Gasteiger partial charge in [0, 0.05) is 26.2 Å². The lowest BCUT2D eigenvalue weighted by molar-refractivity contribution is 0.340. The van der Waals surface area contributed by atoms with Crippen LogP contribution in [0.3, 0.4) is 0 Å². The number of nitrogens with one attached hydrogen (secondary N) is 1. The molecule has 0 amide bonds. The Hall–Kier alpha value is -2.90. The molecule has 0 radical (unpaired) electrons. The summed E-state index contributed by atoms with van der Waals surface area (Å²) in [7, 11) is 0. The van der Waals surface area contributed by atoms with Crippen LogP contribution in [0.25, 0.3) is 0 Å². The van der Waals surface area contributed by atoms with Crippen LogP contribution in [0.2, 0.25) is 0 Å². The van der Waals surface area contributed by atoms with Crippen LogP contribution in [0, 0.1) is 0 Å². The van der Waals surface area contributed by atoms with Gasteiger partial charge in [-0.25, -0.2) is 5.43 Å². The molecule has 2 aliphatic rings. The standard InChI is InChI=1S/C22H31N7O/c1-2-30-19-11-9-18(10-12-19)17-23-27-20-24-21(28-13-5-3-6-14-28)26-22(25-20)29-15-7-4-8-16-29/h9-12,17H,2-8,13-16H2,1H3,(H,24,25,26,27)/b23-17-. The lowest BCUT2D eigenvalue weighted by atomic mass is 10.1. The maximum Gasteiger partial charge on any atom is 0.250 e. The van der Waals surface area contributed by atoms with Crippen molar-refractivity contribution >= 4 is 24.1 Å². The van der Waals surface area contributed by atoms with Crippen LogP contribution in [0.5, 0.6) is 5.75 Å². The normalized spacial score (nSPS) is 17.4. The van der Waals surface area contributed by atoms with Gasteiger partial charge in [-0.15, -0.1) is 0 Å². The van der Waals surface area contributed by atoms with E-state index in [1.165, 1.54) is 38.5 Å². The largest absolute Gasteiger partial charge is 0.494 e. The molecule has 1 aromatic carbocycles. The molecule has 8 heteroatoms. The zero-order chi connectivity index (χ0) is 20.6. The van der Waals surface area contributed by atoms with Crippen molar-refractivity contribution in [3.8, 4) is 5.75 Å². The summed E-state index contributed by atoms with van der Waals surface area (Å²) < 4.78 is 5.48. The molecule has 2 saturated heterocycles. The van der Waals surface area contributed by atoms with Crippen LogP contribution in [-0.2, 0) is 0 Å². The van der Waals surface area contributed by atoms with Gasteiger partial charge in [0.25, 0.3) is 0 Å².